The summed E-state index contributed by atoms with van der Waals surface area (Å²) in [4.78, 5) is 0. The van der Waals surface area contributed by atoms with E-state index in [4.69, 9.17) is 22.1 Å². The van der Waals surface area contributed by atoms with Crippen molar-refractivity contribution in [1.29, 1.82) is 0 Å². The Morgan fingerprint density at radius 2 is 2.00 bits per heavy atom. The van der Waals surface area contributed by atoms with Crippen LogP contribution in [0.2, 0.25) is 5.02 Å². The standard InChI is InChI=1S/C17H19BrClNO/c1-3-13(20)10-14-15(19)5-4-6-17(14)21-16-8-7-12(18)9-11(16)2/h4-9,13H,3,10,20H2,1-2H3. The molecule has 4 heteroatoms. The molecule has 112 valence electrons. The van der Waals surface area contributed by atoms with Crippen molar-refractivity contribution in [3.63, 3.8) is 0 Å². The molecule has 0 heterocycles. The minimum absolute atomic E-state index is 0.0817. The van der Waals surface area contributed by atoms with Gasteiger partial charge in [0.15, 0.2) is 0 Å². The number of benzene rings is 2. The zero-order valence-electron chi connectivity index (χ0n) is 12.2. The molecule has 2 N–H and O–H groups in total. The van der Waals surface area contributed by atoms with E-state index in [0.717, 1.165) is 33.5 Å². The van der Waals surface area contributed by atoms with Gasteiger partial charge in [-0.3, -0.25) is 0 Å². The van der Waals surface area contributed by atoms with Crippen LogP contribution in [-0.2, 0) is 6.42 Å². The Bertz CT molecular complexity index is 630. The first-order valence-electron chi connectivity index (χ1n) is 6.98. The summed E-state index contributed by atoms with van der Waals surface area (Å²) in [7, 11) is 0. The maximum atomic E-state index is 6.32. The lowest BCUT2D eigenvalue weighted by Gasteiger charge is -2.16. The number of aryl methyl sites for hydroxylation is 1. The zero-order valence-corrected chi connectivity index (χ0v) is 14.5. The van der Waals surface area contributed by atoms with Gasteiger partial charge >= 0.3 is 0 Å². The van der Waals surface area contributed by atoms with E-state index in [2.05, 4.69) is 22.9 Å². The minimum Gasteiger partial charge on any atom is -0.457 e. The van der Waals surface area contributed by atoms with Gasteiger partial charge in [-0.15, -0.1) is 0 Å². The molecule has 0 amide bonds. The lowest BCUT2D eigenvalue weighted by atomic mass is 10.0. The normalized spacial score (nSPS) is 12.2. The molecule has 0 saturated carbocycles. The monoisotopic (exact) mass is 367 g/mol. The molecule has 0 spiro atoms. The van der Waals surface area contributed by atoms with E-state index in [1.165, 1.54) is 0 Å². The summed E-state index contributed by atoms with van der Waals surface area (Å²) < 4.78 is 7.09. The molecule has 0 radical (unpaired) electrons. The van der Waals surface area contributed by atoms with Gasteiger partial charge in [-0.1, -0.05) is 40.5 Å². The number of nitrogens with two attached hydrogens (primary N) is 1. The smallest absolute Gasteiger partial charge is 0.132 e. The third-order valence-electron chi connectivity index (χ3n) is 3.42. The summed E-state index contributed by atoms with van der Waals surface area (Å²) in [5.74, 6) is 1.60. The van der Waals surface area contributed by atoms with Crippen LogP contribution < -0.4 is 10.5 Å². The van der Waals surface area contributed by atoms with Crippen LogP contribution >= 0.6 is 27.5 Å². The summed E-state index contributed by atoms with van der Waals surface area (Å²) >= 11 is 9.78. The fourth-order valence-corrected chi connectivity index (χ4v) is 2.80. The van der Waals surface area contributed by atoms with E-state index >= 15 is 0 Å². The highest BCUT2D eigenvalue weighted by Gasteiger charge is 2.13. The van der Waals surface area contributed by atoms with Gasteiger partial charge in [0.2, 0.25) is 0 Å². The fourth-order valence-electron chi connectivity index (χ4n) is 2.08. The predicted octanol–water partition coefficient (Wildman–Crippen LogP) is 5.48. The van der Waals surface area contributed by atoms with E-state index in [9.17, 15) is 0 Å². The molecule has 0 aliphatic carbocycles. The molecule has 2 rings (SSSR count). The van der Waals surface area contributed by atoms with Crippen molar-refractivity contribution in [2.45, 2.75) is 32.7 Å². The molecule has 2 nitrogen and oxygen atoms in total. The van der Waals surface area contributed by atoms with Crippen LogP contribution in [0.1, 0.15) is 24.5 Å². The van der Waals surface area contributed by atoms with Crippen LogP contribution in [0.4, 0.5) is 0 Å². The highest BCUT2D eigenvalue weighted by Crippen LogP contribution is 2.33. The Hall–Kier alpha value is -1.03. The Kier molecular flexibility index (Phi) is 5.68. The number of halogens is 2. The molecule has 1 atom stereocenters. The largest absolute Gasteiger partial charge is 0.457 e. The van der Waals surface area contributed by atoms with Crippen LogP contribution in [0.25, 0.3) is 0 Å². The molecule has 0 saturated heterocycles. The van der Waals surface area contributed by atoms with E-state index in [1.54, 1.807) is 0 Å². The summed E-state index contributed by atoms with van der Waals surface area (Å²) in [5, 5.41) is 0.700. The second kappa shape index (κ2) is 7.30. The second-order valence-corrected chi connectivity index (χ2v) is 6.42. The molecular formula is C17H19BrClNO. The molecule has 1 unspecified atom stereocenters. The van der Waals surface area contributed by atoms with E-state index < -0.39 is 0 Å². The minimum atomic E-state index is 0.0817. The first kappa shape index (κ1) is 16.3. The highest BCUT2D eigenvalue weighted by molar-refractivity contribution is 9.10. The van der Waals surface area contributed by atoms with Crippen molar-refractivity contribution in [1.82, 2.24) is 0 Å². The van der Waals surface area contributed by atoms with Crippen LogP contribution in [0.15, 0.2) is 40.9 Å². The topological polar surface area (TPSA) is 35.2 Å². The lowest BCUT2D eigenvalue weighted by molar-refractivity contribution is 0.468. The first-order chi connectivity index (χ1) is 10.0. The summed E-state index contributed by atoms with van der Waals surface area (Å²) in [6.07, 6.45) is 1.61. The van der Waals surface area contributed by atoms with Gasteiger partial charge in [-0.2, -0.15) is 0 Å². The molecule has 21 heavy (non-hydrogen) atoms. The van der Waals surface area contributed by atoms with Gasteiger partial charge in [0.1, 0.15) is 11.5 Å². The summed E-state index contributed by atoms with van der Waals surface area (Å²) in [6, 6.07) is 11.7. The number of rotatable bonds is 5. The SMILES string of the molecule is CCC(N)Cc1c(Cl)cccc1Oc1ccc(Br)cc1C. The molecule has 2 aromatic rings. The van der Waals surface area contributed by atoms with Crippen molar-refractivity contribution in [2.75, 3.05) is 0 Å². The van der Waals surface area contributed by atoms with Crippen molar-refractivity contribution in [2.24, 2.45) is 5.73 Å². The molecule has 0 aliphatic rings. The first-order valence-corrected chi connectivity index (χ1v) is 8.15. The Balaban J connectivity index is 2.33. The van der Waals surface area contributed by atoms with Gasteiger partial charge in [0.25, 0.3) is 0 Å². The zero-order chi connectivity index (χ0) is 15.4. The van der Waals surface area contributed by atoms with E-state index in [-0.39, 0.29) is 6.04 Å². The summed E-state index contributed by atoms with van der Waals surface area (Å²) in [6.45, 7) is 4.09. The van der Waals surface area contributed by atoms with Crippen molar-refractivity contribution >= 4 is 27.5 Å². The average molecular weight is 369 g/mol. The summed E-state index contributed by atoms with van der Waals surface area (Å²) in [5.41, 5.74) is 8.10. The average Bonchev–Trinajstić information content (AvgIpc) is 2.45. The second-order valence-electron chi connectivity index (χ2n) is 5.10. The third-order valence-corrected chi connectivity index (χ3v) is 4.27. The van der Waals surface area contributed by atoms with Gasteiger partial charge in [-0.25, -0.2) is 0 Å². The van der Waals surface area contributed by atoms with E-state index in [0.29, 0.717) is 11.4 Å². The van der Waals surface area contributed by atoms with Crippen LogP contribution in [0.5, 0.6) is 11.5 Å². The third kappa shape index (κ3) is 4.22. The van der Waals surface area contributed by atoms with E-state index in [1.807, 2.05) is 43.3 Å². The molecule has 0 bridgehead atoms. The van der Waals surface area contributed by atoms with Gasteiger partial charge in [0, 0.05) is 21.1 Å². The molecule has 0 aromatic heterocycles. The van der Waals surface area contributed by atoms with Gasteiger partial charge < -0.3 is 10.5 Å². The Labute approximate surface area is 139 Å². The van der Waals surface area contributed by atoms with Crippen LogP contribution in [0, 0.1) is 6.92 Å². The van der Waals surface area contributed by atoms with Crippen LogP contribution in [-0.4, -0.2) is 6.04 Å². The fraction of sp³-hybridized carbons (Fsp3) is 0.294. The van der Waals surface area contributed by atoms with Gasteiger partial charge in [0.05, 0.1) is 0 Å². The molecule has 2 aromatic carbocycles. The molecular weight excluding hydrogens is 350 g/mol. The lowest BCUT2D eigenvalue weighted by Crippen LogP contribution is -2.21. The highest BCUT2D eigenvalue weighted by atomic mass is 79.9. The predicted molar refractivity (Wildman–Crippen MR) is 92.4 cm³/mol. The Morgan fingerprint density at radius 1 is 1.24 bits per heavy atom. The molecule has 0 aliphatic heterocycles. The Morgan fingerprint density at radius 3 is 2.67 bits per heavy atom. The quantitative estimate of drug-likeness (QED) is 0.758. The van der Waals surface area contributed by atoms with Crippen LogP contribution in [0.3, 0.4) is 0 Å². The number of hydrogen-bond acceptors (Lipinski definition) is 2. The molecule has 0 fully saturated rings. The van der Waals surface area contributed by atoms with Gasteiger partial charge in [-0.05, 0) is 55.7 Å². The maximum Gasteiger partial charge on any atom is 0.132 e. The van der Waals surface area contributed by atoms with Crippen molar-refractivity contribution in [3.05, 3.63) is 57.0 Å². The van der Waals surface area contributed by atoms with Crippen molar-refractivity contribution < 1.29 is 4.74 Å². The maximum absolute atomic E-state index is 6.32. The van der Waals surface area contributed by atoms with Crippen molar-refractivity contribution in [3.8, 4) is 11.5 Å². The number of ether oxygens (including phenoxy) is 1. The number of hydrogen-bond donors (Lipinski definition) is 1.